The van der Waals surface area contributed by atoms with Crippen molar-refractivity contribution in [3.63, 3.8) is 0 Å². The van der Waals surface area contributed by atoms with E-state index >= 15 is 0 Å². The first-order valence-electron chi connectivity index (χ1n) is 12.0. The van der Waals surface area contributed by atoms with E-state index in [0.717, 1.165) is 30.5 Å². The maximum Gasteiger partial charge on any atom is 0.264 e. The number of anilines is 1. The number of aliphatic hydroxyl groups excluding tert-OH is 1. The van der Waals surface area contributed by atoms with Crippen LogP contribution in [0, 0.1) is 0 Å². The molecule has 1 unspecified atom stereocenters. The standard InChI is InChI=1S/C25H33NO6S2/c1-3-18-5-9-24-19(15-18)6-7-21(4-2)26(24)34(30,31)23-8-10-25(20(16-23)17-27)32-22-11-13-33(28,29)14-12-22/h5,8-10,15-16,21-22,27H,3-4,6-7,11-14,17H2,1-2H3. The fourth-order valence-corrected chi connectivity index (χ4v) is 8.13. The summed E-state index contributed by atoms with van der Waals surface area (Å²) < 4.78 is 58.6. The number of aliphatic hydroxyl groups is 1. The van der Waals surface area contributed by atoms with Crippen molar-refractivity contribution in [3.8, 4) is 5.75 Å². The zero-order valence-electron chi connectivity index (χ0n) is 19.7. The summed E-state index contributed by atoms with van der Waals surface area (Å²) in [4.78, 5) is 0.112. The minimum absolute atomic E-state index is 0.0745. The van der Waals surface area contributed by atoms with Crippen LogP contribution in [0.2, 0.25) is 0 Å². The highest BCUT2D eigenvalue weighted by atomic mass is 32.2. The minimum atomic E-state index is -3.87. The van der Waals surface area contributed by atoms with Crippen molar-refractivity contribution < 1.29 is 26.7 Å². The third-order valence-corrected chi connectivity index (χ3v) is 10.5. The fraction of sp³-hybridized carbons (Fsp3) is 0.520. The molecule has 0 aliphatic carbocycles. The Labute approximate surface area is 202 Å². The average Bonchev–Trinajstić information content (AvgIpc) is 2.84. The predicted molar refractivity (Wildman–Crippen MR) is 133 cm³/mol. The van der Waals surface area contributed by atoms with Gasteiger partial charge in [0, 0.05) is 11.6 Å². The Bertz CT molecular complexity index is 1240. The van der Waals surface area contributed by atoms with Crippen LogP contribution in [0.4, 0.5) is 5.69 Å². The number of ether oxygens (including phenoxy) is 1. The molecule has 0 radical (unpaired) electrons. The summed E-state index contributed by atoms with van der Waals surface area (Å²) in [5.74, 6) is 0.542. The van der Waals surface area contributed by atoms with Gasteiger partial charge >= 0.3 is 0 Å². The van der Waals surface area contributed by atoms with Gasteiger partial charge in [0.2, 0.25) is 0 Å². The summed E-state index contributed by atoms with van der Waals surface area (Å²) >= 11 is 0. The molecule has 2 heterocycles. The number of hydrogen-bond donors (Lipinski definition) is 1. The lowest BCUT2D eigenvalue weighted by molar-refractivity contribution is 0.181. The second-order valence-electron chi connectivity index (χ2n) is 9.11. The molecule has 0 spiro atoms. The molecule has 34 heavy (non-hydrogen) atoms. The second-order valence-corrected chi connectivity index (χ2v) is 13.2. The number of hydrogen-bond acceptors (Lipinski definition) is 6. The molecule has 1 N–H and O–H groups in total. The molecule has 0 saturated carbocycles. The lowest BCUT2D eigenvalue weighted by atomic mass is 9.94. The molecule has 9 heteroatoms. The molecule has 2 aliphatic heterocycles. The van der Waals surface area contributed by atoms with Crippen LogP contribution in [0.3, 0.4) is 0 Å². The summed E-state index contributed by atoms with van der Waals surface area (Å²) in [6.07, 6.45) is 3.69. The number of benzene rings is 2. The first-order valence-corrected chi connectivity index (χ1v) is 15.2. The average molecular weight is 508 g/mol. The maximum absolute atomic E-state index is 13.9. The molecule has 2 aromatic carbocycles. The van der Waals surface area contributed by atoms with Gasteiger partial charge in [0.05, 0.1) is 28.7 Å². The highest BCUT2D eigenvalue weighted by Crippen LogP contribution is 2.38. The number of nitrogens with zero attached hydrogens (tertiary/aromatic N) is 1. The zero-order chi connectivity index (χ0) is 24.5. The van der Waals surface area contributed by atoms with E-state index in [4.69, 9.17) is 4.74 Å². The van der Waals surface area contributed by atoms with Gasteiger partial charge in [-0.3, -0.25) is 4.31 Å². The smallest absolute Gasteiger partial charge is 0.264 e. The summed E-state index contributed by atoms with van der Waals surface area (Å²) in [5, 5.41) is 9.96. The van der Waals surface area contributed by atoms with Crippen molar-refractivity contribution in [1.29, 1.82) is 0 Å². The molecule has 1 fully saturated rings. The van der Waals surface area contributed by atoms with Crippen molar-refractivity contribution in [2.45, 2.75) is 76.0 Å². The molecule has 7 nitrogen and oxygen atoms in total. The lowest BCUT2D eigenvalue weighted by Crippen LogP contribution is -2.43. The third-order valence-electron chi connectivity index (χ3n) is 6.89. The topological polar surface area (TPSA) is 101 Å². The molecule has 186 valence electrons. The number of fused-ring (bicyclic) bond motifs is 1. The van der Waals surface area contributed by atoms with E-state index in [2.05, 4.69) is 13.0 Å². The van der Waals surface area contributed by atoms with E-state index in [-0.39, 0.29) is 35.2 Å². The first-order chi connectivity index (χ1) is 16.2. The van der Waals surface area contributed by atoms with Crippen LogP contribution in [0.1, 0.15) is 56.2 Å². The molecular formula is C25H33NO6S2. The van der Waals surface area contributed by atoms with Crippen LogP contribution in [0.15, 0.2) is 41.3 Å². The summed E-state index contributed by atoms with van der Waals surface area (Å²) in [6, 6.07) is 10.4. The zero-order valence-corrected chi connectivity index (χ0v) is 21.4. The van der Waals surface area contributed by atoms with Gasteiger partial charge in [-0.05, 0) is 73.9 Å². The van der Waals surface area contributed by atoms with E-state index in [1.54, 1.807) is 10.4 Å². The molecular weight excluding hydrogens is 474 g/mol. The molecule has 0 bridgehead atoms. The van der Waals surface area contributed by atoms with Crippen LogP contribution in [-0.2, 0) is 39.3 Å². The second kappa shape index (κ2) is 9.87. The highest BCUT2D eigenvalue weighted by molar-refractivity contribution is 7.93. The van der Waals surface area contributed by atoms with Crippen LogP contribution >= 0.6 is 0 Å². The Balaban J connectivity index is 1.66. The quantitative estimate of drug-likeness (QED) is 0.614. The van der Waals surface area contributed by atoms with Gasteiger partial charge in [-0.15, -0.1) is 0 Å². The Morgan fingerprint density at radius 3 is 2.44 bits per heavy atom. The van der Waals surface area contributed by atoms with Gasteiger partial charge in [-0.25, -0.2) is 16.8 Å². The predicted octanol–water partition coefficient (Wildman–Crippen LogP) is 3.62. The summed E-state index contributed by atoms with van der Waals surface area (Å²) in [6.45, 7) is 3.70. The lowest BCUT2D eigenvalue weighted by Gasteiger charge is -2.38. The largest absolute Gasteiger partial charge is 0.490 e. The Morgan fingerprint density at radius 2 is 1.79 bits per heavy atom. The number of aryl methyl sites for hydroxylation is 2. The summed E-state index contributed by atoms with van der Waals surface area (Å²) in [7, 11) is -6.88. The molecule has 2 aliphatic rings. The number of sulfonamides is 1. The maximum atomic E-state index is 13.9. The van der Waals surface area contributed by atoms with E-state index < -0.39 is 19.9 Å². The normalized spacial score (nSPS) is 20.7. The Morgan fingerprint density at radius 1 is 1.06 bits per heavy atom. The van der Waals surface area contributed by atoms with Crippen molar-refractivity contribution >= 4 is 25.5 Å². The van der Waals surface area contributed by atoms with Crippen LogP contribution in [0.25, 0.3) is 0 Å². The monoisotopic (exact) mass is 507 g/mol. The van der Waals surface area contributed by atoms with Gasteiger partial charge < -0.3 is 9.84 Å². The Kier molecular flexibility index (Phi) is 7.26. The molecule has 0 amide bonds. The van der Waals surface area contributed by atoms with Crippen LogP contribution in [-0.4, -0.2) is 45.6 Å². The molecule has 1 saturated heterocycles. The van der Waals surface area contributed by atoms with Crippen molar-refractivity contribution in [2.24, 2.45) is 0 Å². The van der Waals surface area contributed by atoms with Crippen molar-refractivity contribution in [2.75, 3.05) is 15.8 Å². The van der Waals surface area contributed by atoms with E-state index in [1.807, 2.05) is 19.1 Å². The van der Waals surface area contributed by atoms with Gasteiger partial charge in [0.15, 0.2) is 9.84 Å². The van der Waals surface area contributed by atoms with Crippen molar-refractivity contribution in [3.05, 3.63) is 53.1 Å². The van der Waals surface area contributed by atoms with E-state index in [0.29, 0.717) is 30.6 Å². The van der Waals surface area contributed by atoms with E-state index in [1.165, 1.54) is 17.7 Å². The van der Waals surface area contributed by atoms with Gasteiger partial charge in [0.1, 0.15) is 11.9 Å². The van der Waals surface area contributed by atoms with Crippen LogP contribution < -0.4 is 9.04 Å². The molecule has 2 aromatic rings. The van der Waals surface area contributed by atoms with Gasteiger partial charge in [0.25, 0.3) is 10.0 Å². The fourth-order valence-electron chi connectivity index (χ4n) is 4.84. The Hall–Kier alpha value is -2.10. The first kappa shape index (κ1) is 25.0. The third kappa shape index (κ3) is 4.97. The van der Waals surface area contributed by atoms with Crippen molar-refractivity contribution in [1.82, 2.24) is 0 Å². The SMILES string of the molecule is CCc1ccc2c(c1)CCC(CC)N2S(=O)(=O)c1ccc(OC2CCS(=O)(=O)CC2)c(CO)c1. The number of sulfone groups is 1. The van der Waals surface area contributed by atoms with Gasteiger partial charge in [-0.2, -0.15) is 0 Å². The highest BCUT2D eigenvalue weighted by Gasteiger charge is 2.36. The minimum Gasteiger partial charge on any atom is -0.490 e. The molecule has 0 aromatic heterocycles. The summed E-state index contributed by atoms with van der Waals surface area (Å²) in [5.41, 5.74) is 3.33. The number of rotatable bonds is 7. The molecule has 1 atom stereocenters. The van der Waals surface area contributed by atoms with Crippen LogP contribution in [0.5, 0.6) is 5.75 Å². The molecule has 4 rings (SSSR count). The van der Waals surface area contributed by atoms with Gasteiger partial charge in [-0.1, -0.05) is 26.0 Å². The van der Waals surface area contributed by atoms with E-state index in [9.17, 15) is 21.9 Å².